The molecule has 3 aromatic rings. The van der Waals surface area contributed by atoms with Gasteiger partial charge in [0.15, 0.2) is 0 Å². The quantitative estimate of drug-likeness (QED) is 0.681. The van der Waals surface area contributed by atoms with Gasteiger partial charge in [0.2, 0.25) is 5.91 Å². The van der Waals surface area contributed by atoms with Crippen molar-refractivity contribution in [1.82, 2.24) is 15.3 Å². The number of amides is 1. The molecule has 1 aromatic carbocycles. The fourth-order valence-electron chi connectivity index (χ4n) is 2.44. The highest BCUT2D eigenvalue weighted by molar-refractivity contribution is 7.18. The van der Waals surface area contributed by atoms with E-state index in [1.54, 1.807) is 23.5 Å². The monoisotopic (exact) mass is 358 g/mol. The molecule has 0 saturated heterocycles. The Balaban J connectivity index is 1.50. The number of nitrogens with zero attached hydrogens (tertiary/aromatic N) is 2. The molecular formula is C18H19FN4OS. The van der Waals surface area contributed by atoms with Gasteiger partial charge in [0.25, 0.3) is 0 Å². The minimum absolute atomic E-state index is 0.111. The SMILES string of the molecule is CCc1cc2c(NCC(=O)NCCc3ccc(F)cc3)ncnc2s1. The van der Waals surface area contributed by atoms with Crippen molar-refractivity contribution >= 4 is 33.3 Å². The normalized spacial score (nSPS) is 10.8. The first kappa shape index (κ1) is 17.3. The van der Waals surface area contributed by atoms with Gasteiger partial charge in [-0.2, -0.15) is 0 Å². The lowest BCUT2D eigenvalue weighted by molar-refractivity contribution is -0.119. The van der Waals surface area contributed by atoms with Crippen LogP contribution in [0.1, 0.15) is 17.4 Å². The summed E-state index contributed by atoms with van der Waals surface area (Å²) < 4.78 is 12.8. The zero-order valence-corrected chi connectivity index (χ0v) is 14.7. The summed E-state index contributed by atoms with van der Waals surface area (Å²) >= 11 is 1.64. The molecule has 0 aliphatic rings. The van der Waals surface area contributed by atoms with E-state index in [4.69, 9.17) is 0 Å². The molecule has 7 heteroatoms. The number of aromatic nitrogens is 2. The van der Waals surface area contributed by atoms with Crippen molar-refractivity contribution in [2.45, 2.75) is 19.8 Å². The van der Waals surface area contributed by atoms with Gasteiger partial charge in [-0.25, -0.2) is 14.4 Å². The van der Waals surface area contributed by atoms with Crippen LogP contribution >= 0.6 is 11.3 Å². The number of halogens is 1. The molecular weight excluding hydrogens is 339 g/mol. The Morgan fingerprint density at radius 1 is 1.24 bits per heavy atom. The van der Waals surface area contributed by atoms with Crippen LogP contribution in [0.4, 0.5) is 10.2 Å². The molecule has 0 aliphatic heterocycles. The highest BCUT2D eigenvalue weighted by atomic mass is 32.1. The number of fused-ring (bicyclic) bond motifs is 1. The lowest BCUT2D eigenvalue weighted by Crippen LogP contribution is -2.31. The van der Waals surface area contributed by atoms with Crippen molar-refractivity contribution in [3.05, 3.63) is 52.9 Å². The number of aryl methyl sites for hydroxylation is 1. The smallest absolute Gasteiger partial charge is 0.239 e. The van der Waals surface area contributed by atoms with E-state index in [0.29, 0.717) is 18.8 Å². The predicted molar refractivity (Wildman–Crippen MR) is 98.4 cm³/mol. The maximum absolute atomic E-state index is 12.8. The topological polar surface area (TPSA) is 66.9 Å². The third kappa shape index (κ3) is 4.51. The first-order valence-electron chi connectivity index (χ1n) is 8.14. The molecule has 0 aliphatic carbocycles. The first-order chi connectivity index (χ1) is 12.2. The van der Waals surface area contributed by atoms with Gasteiger partial charge in [0, 0.05) is 11.4 Å². The van der Waals surface area contributed by atoms with Crippen molar-refractivity contribution in [1.29, 1.82) is 0 Å². The van der Waals surface area contributed by atoms with Crippen LogP contribution in [0.15, 0.2) is 36.7 Å². The Morgan fingerprint density at radius 3 is 2.80 bits per heavy atom. The summed E-state index contributed by atoms with van der Waals surface area (Å²) in [4.78, 5) is 22.6. The number of anilines is 1. The Kier molecular flexibility index (Phi) is 5.55. The van der Waals surface area contributed by atoms with Crippen molar-refractivity contribution in [2.24, 2.45) is 0 Å². The number of nitrogens with one attached hydrogen (secondary N) is 2. The van der Waals surface area contributed by atoms with E-state index < -0.39 is 0 Å². The van der Waals surface area contributed by atoms with Crippen molar-refractivity contribution < 1.29 is 9.18 Å². The van der Waals surface area contributed by atoms with Crippen LogP contribution in [0.3, 0.4) is 0 Å². The minimum Gasteiger partial charge on any atom is -0.360 e. The molecule has 130 valence electrons. The van der Waals surface area contributed by atoms with Crippen molar-refractivity contribution in [3.63, 3.8) is 0 Å². The van der Waals surface area contributed by atoms with Crippen LogP contribution < -0.4 is 10.6 Å². The van der Waals surface area contributed by atoms with E-state index >= 15 is 0 Å². The van der Waals surface area contributed by atoms with Crippen LogP contribution in [0, 0.1) is 5.82 Å². The molecule has 0 radical (unpaired) electrons. The van der Waals surface area contributed by atoms with Crippen LogP contribution in [-0.4, -0.2) is 29.0 Å². The molecule has 0 unspecified atom stereocenters. The Labute approximate surface area is 149 Å². The zero-order valence-electron chi connectivity index (χ0n) is 13.9. The van der Waals surface area contributed by atoms with Gasteiger partial charge in [-0.3, -0.25) is 4.79 Å². The van der Waals surface area contributed by atoms with Crippen molar-refractivity contribution in [3.8, 4) is 0 Å². The number of hydrogen-bond donors (Lipinski definition) is 2. The van der Waals surface area contributed by atoms with E-state index in [1.165, 1.54) is 23.3 Å². The Bertz CT molecular complexity index is 863. The second-order valence-electron chi connectivity index (χ2n) is 5.59. The summed E-state index contributed by atoms with van der Waals surface area (Å²) in [5, 5.41) is 6.87. The Hall–Kier alpha value is -2.54. The molecule has 2 N–H and O–H groups in total. The lowest BCUT2D eigenvalue weighted by Gasteiger charge is -2.08. The summed E-state index contributed by atoms with van der Waals surface area (Å²) in [5.41, 5.74) is 0.984. The van der Waals surface area contributed by atoms with Gasteiger partial charge in [-0.05, 0) is 36.6 Å². The van der Waals surface area contributed by atoms with Crippen molar-refractivity contribution in [2.75, 3.05) is 18.4 Å². The van der Waals surface area contributed by atoms with Gasteiger partial charge < -0.3 is 10.6 Å². The minimum atomic E-state index is -0.257. The Morgan fingerprint density at radius 2 is 2.04 bits per heavy atom. The van der Waals surface area contributed by atoms with Crippen LogP contribution in [0.25, 0.3) is 10.2 Å². The molecule has 0 spiro atoms. The molecule has 5 nitrogen and oxygen atoms in total. The van der Waals surface area contributed by atoms with Crippen LogP contribution in [-0.2, 0) is 17.6 Å². The second-order valence-corrected chi connectivity index (χ2v) is 6.70. The molecule has 0 saturated carbocycles. The second kappa shape index (κ2) is 8.02. The number of rotatable bonds is 7. The van der Waals surface area contributed by atoms with Gasteiger partial charge in [0.05, 0.1) is 11.9 Å². The van der Waals surface area contributed by atoms with E-state index in [0.717, 1.165) is 22.2 Å². The number of thiophene rings is 1. The van der Waals surface area contributed by atoms with Crippen LogP contribution in [0.2, 0.25) is 0 Å². The lowest BCUT2D eigenvalue weighted by atomic mass is 10.1. The van der Waals surface area contributed by atoms with E-state index in [-0.39, 0.29) is 18.3 Å². The average Bonchev–Trinajstić information content (AvgIpc) is 3.05. The molecule has 2 aromatic heterocycles. The fourth-order valence-corrected chi connectivity index (χ4v) is 3.38. The average molecular weight is 358 g/mol. The third-order valence-corrected chi connectivity index (χ3v) is 4.98. The fraction of sp³-hybridized carbons (Fsp3) is 0.278. The number of hydrogen-bond acceptors (Lipinski definition) is 5. The summed E-state index contributed by atoms with van der Waals surface area (Å²) in [6.07, 6.45) is 3.12. The predicted octanol–water partition coefficient (Wildman–Crippen LogP) is 3.16. The summed E-state index contributed by atoms with van der Waals surface area (Å²) in [6.45, 7) is 2.75. The molecule has 0 atom stereocenters. The van der Waals surface area contributed by atoms with E-state index in [9.17, 15) is 9.18 Å². The largest absolute Gasteiger partial charge is 0.360 e. The molecule has 2 heterocycles. The molecule has 3 rings (SSSR count). The van der Waals surface area contributed by atoms with Gasteiger partial charge >= 0.3 is 0 Å². The first-order valence-corrected chi connectivity index (χ1v) is 8.96. The molecule has 1 amide bonds. The summed E-state index contributed by atoms with van der Waals surface area (Å²) in [5.74, 6) is 0.308. The zero-order chi connectivity index (χ0) is 17.6. The van der Waals surface area contributed by atoms with Gasteiger partial charge in [0.1, 0.15) is 22.8 Å². The number of carbonyl (C=O) groups excluding carboxylic acids is 1. The highest BCUT2D eigenvalue weighted by Crippen LogP contribution is 2.28. The molecule has 0 bridgehead atoms. The number of benzene rings is 1. The van der Waals surface area contributed by atoms with Gasteiger partial charge in [-0.15, -0.1) is 11.3 Å². The van der Waals surface area contributed by atoms with Gasteiger partial charge in [-0.1, -0.05) is 19.1 Å². The summed E-state index contributed by atoms with van der Waals surface area (Å²) in [6, 6.07) is 8.35. The van der Waals surface area contributed by atoms with E-state index in [1.807, 2.05) is 0 Å². The van der Waals surface area contributed by atoms with Crippen LogP contribution in [0.5, 0.6) is 0 Å². The van der Waals surface area contributed by atoms with E-state index in [2.05, 4.69) is 33.6 Å². The molecule has 25 heavy (non-hydrogen) atoms. The standard InChI is InChI=1S/C18H19FN4OS/c1-2-14-9-15-17(22-11-23-18(15)25-14)21-10-16(24)20-8-7-12-3-5-13(19)6-4-12/h3-6,9,11H,2,7-8,10H2,1H3,(H,20,24)(H,21,22,23). The maximum Gasteiger partial charge on any atom is 0.239 e. The third-order valence-electron chi connectivity index (χ3n) is 3.79. The highest BCUT2D eigenvalue weighted by Gasteiger charge is 2.09. The molecule has 0 fully saturated rings. The summed E-state index contributed by atoms with van der Waals surface area (Å²) in [7, 11) is 0. The number of carbonyl (C=O) groups is 1. The maximum atomic E-state index is 12.8.